The summed E-state index contributed by atoms with van der Waals surface area (Å²) in [6.45, 7) is 4.13. The van der Waals surface area contributed by atoms with E-state index in [4.69, 9.17) is 4.74 Å². The zero-order chi connectivity index (χ0) is 14.8. The van der Waals surface area contributed by atoms with Gasteiger partial charge in [-0.15, -0.1) is 0 Å². The molecule has 0 aromatic carbocycles. The van der Waals surface area contributed by atoms with Crippen molar-refractivity contribution in [3.05, 3.63) is 0 Å². The summed E-state index contributed by atoms with van der Waals surface area (Å²) in [5.74, 6) is 0.569. The molecular weight excluding hydrogens is 266 g/mol. The van der Waals surface area contributed by atoms with Crippen LogP contribution in [0.3, 0.4) is 0 Å². The highest BCUT2D eigenvalue weighted by molar-refractivity contribution is 4.93. The normalized spacial score (nSPS) is 31.3. The highest BCUT2D eigenvalue weighted by Gasteiger charge is 2.38. The van der Waals surface area contributed by atoms with Gasteiger partial charge in [0.15, 0.2) is 0 Å². The van der Waals surface area contributed by atoms with Crippen molar-refractivity contribution in [2.75, 3.05) is 32.8 Å². The molecule has 2 aliphatic carbocycles. The smallest absolute Gasteiger partial charge is 0.0774 e. The van der Waals surface area contributed by atoms with Crippen LogP contribution in [0.5, 0.6) is 0 Å². The lowest BCUT2D eigenvalue weighted by atomic mass is 9.96. The molecule has 1 atom stereocenters. The van der Waals surface area contributed by atoms with Crippen LogP contribution in [0.15, 0.2) is 0 Å². The molecule has 0 aromatic rings. The molecule has 4 heteroatoms. The lowest BCUT2D eigenvalue weighted by Crippen LogP contribution is -2.49. The van der Waals surface area contributed by atoms with E-state index in [1.807, 2.05) is 0 Å². The summed E-state index contributed by atoms with van der Waals surface area (Å²) in [6.07, 6.45) is 9.36. The standard InChI is InChI=1S/C17H31NO3/c19-16(6-1-2-7-16)13-18(11-15-5-10-21-12-15)14-17(20)8-3-4-9-17/h15,19-20H,1-14H2. The van der Waals surface area contributed by atoms with Crippen molar-refractivity contribution in [1.82, 2.24) is 4.90 Å². The molecule has 1 saturated heterocycles. The average molecular weight is 297 g/mol. The Morgan fingerprint density at radius 1 is 0.905 bits per heavy atom. The summed E-state index contributed by atoms with van der Waals surface area (Å²) in [4.78, 5) is 2.34. The average Bonchev–Trinajstić information content (AvgIpc) is 3.13. The number of ether oxygens (including phenoxy) is 1. The Labute approximate surface area is 128 Å². The van der Waals surface area contributed by atoms with E-state index in [0.29, 0.717) is 5.92 Å². The summed E-state index contributed by atoms with van der Waals surface area (Å²) >= 11 is 0. The van der Waals surface area contributed by atoms with Crippen LogP contribution in [0.4, 0.5) is 0 Å². The third-order valence-electron chi connectivity index (χ3n) is 5.64. The van der Waals surface area contributed by atoms with Crippen LogP contribution in [0, 0.1) is 5.92 Å². The largest absolute Gasteiger partial charge is 0.389 e. The maximum absolute atomic E-state index is 10.7. The molecule has 1 aliphatic heterocycles. The minimum absolute atomic E-state index is 0.519. The zero-order valence-corrected chi connectivity index (χ0v) is 13.2. The molecule has 2 saturated carbocycles. The Hall–Kier alpha value is -0.160. The van der Waals surface area contributed by atoms with Crippen molar-refractivity contribution >= 4 is 0 Å². The van der Waals surface area contributed by atoms with Crippen LogP contribution >= 0.6 is 0 Å². The molecule has 122 valence electrons. The lowest BCUT2D eigenvalue weighted by molar-refractivity contribution is -0.0376. The molecule has 0 aromatic heterocycles. The van der Waals surface area contributed by atoms with Gasteiger partial charge in [-0.25, -0.2) is 0 Å². The van der Waals surface area contributed by atoms with Gasteiger partial charge in [0.1, 0.15) is 0 Å². The first kappa shape index (κ1) is 15.7. The first-order valence-corrected chi connectivity index (χ1v) is 8.82. The van der Waals surface area contributed by atoms with E-state index in [0.717, 1.165) is 90.6 Å². The van der Waals surface area contributed by atoms with E-state index in [2.05, 4.69) is 4.90 Å². The molecule has 3 rings (SSSR count). The second kappa shape index (κ2) is 6.53. The van der Waals surface area contributed by atoms with Crippen LogP contribution in [-0.4, -0.2) is 59.2 Å². The van der Waals surface area contributed by atoms with Crippen molar-refractivity contribution in [3.63, 3.8) is 0 Å². The van der Waals surface area contributed by atoms with Crippen molar-refractivity contribution in [2.45, 2.75) is 69.0 Å². The third kappa shape index (κ3) is 4.19. The van der Waals surface area contributed by atoms with E-state index < -0.39 is 11.2 Å². The monoisotopic (exact) mass is 297 g/mol. The van der Waals surface area contributed by atoms with Gasteiger partial charge >= 0.3 is 0 Å². The molecule has 1 heterocycles. The van der Waals surface area contributed by atoms with Crippen LogP contribution in [0.2, 0.25) is 0 Å². The maximum Gasteiger partial charge on any atom is 0.0774 e. The van der Waals surface area contributed by atoms with E-state index in [-0.39, 0.29) is 0 Å². The Kier molecular flexibility index (Phi) is 4.89. The first-order valence-electron chi connectivity index (χ1n) is 8.82. The fraction of sp³-hybridized carbons (Fsp3) is 1.00. The number of hydrogen-bond donors (Lipinski definition) is 2. The van der Waals surface area contributed by atoms with Crippen molar-refractivity contribution < 1.29 is 14.9 Å². The van der Waals surface area contributed by atoms with E-state index in [1.54, 1.807) is 0 Å². The van der Waals surface area contributed by atoms with Crippen molar-refractivity contribution in [1.29, 1.82) is 0 Å². The van der Waals surface area contributed by atoms with Gasteiger partial charge in [-0.1, -0.05) is 25.7 Å². The number of rotatable bonds is 6. The number of nitrogens with zero attached hydrogens (tertiary/aromatic N) is 1. The Morgan fingerprint density at radius 3 is 1.86 bits per heavy atom. The van der Waals surface area contributed by atoms with Crippen molar-refractivity contribution in [3.8, 4) is 0 Å². The fourth-order valence-corrected chi connectivity index (χ4v) is 4.49. The SMILES string of the molecule is OC1(CN(CC2CCOC2)CC2(O)CCCC2)CCCC1. The van der Waals surface area contributed by atoms with Gasteiger partial charge in [0.05, 0.1) is 17.8 Å². The zero-order valence-electron chi connectivity index (χ0n) is 13.2. The lowest BCUT2D eigenvalue weighted by Gasteiger charge is -2.37. The van der Waals surface area contributed by atoms with Crippen LogP contribution in [0.25, 0.3) is 0 Å². The molecule has 1 unspecified atom stereocenters. The Morgan fingerprint density at radius 2 is 1.43 bits per heavy atom. The summed E-state index contributed by atoms with van der Waals surface area (Å²) in [5.41, 5.74) is -1.04. The molecule has 0 spiro atoms. The second-order valence-electron chi connectivity index (χ2n) is 7.76. The predicted molar refractivity (Wildman–Crippen MR) is 82.2 cm³/mol. The van der Waals surface area contributed by atoms with Crippen LogP contribution in [-0.2, 0) is 4.74 Å². The van der Waals surface area contributed by atoms with Gasteiger partial charge in [0, 0.05) is 26.2 Å². The topological polar surface area (TPSA) is 52.9 Å². The minimum Gasteiger partial charge on any atom is -0.389 e. The van der Waals surface area contributed by atoms with Gasteiger partial charge in [-0.3, -0.25) is 4.90 Å². The fourth-order valence-electron chi connectivity index (χ4n) is 4.49. The molecule has 4 nitrogen and oxygen atoms in total. The summed E-state index contributed by atoms with van der Waals surface area (Å²) in [5, 5.41) is 21.5. The highest BCUT2D eigenvalue weighted by Crippen LogP contribution is 2.34. The first-order chi connectivity index (χ1) is 10.1. The van der Waals surface area contributed by atoms with Crippen LogP contribution < -0.4 is 0 Å². The van der Waals surface area contributed by atoms with Gasteiger partial charge in [0.25, 0.3) is 0 Å². The van der Waals surface area contributed by atoms with Gasteiger partial charge in [-0.05, 0) is 38.0 Å². The molecular formula is C17H31NO3. The Bertz CT molecular complexity index is 305. The number of hydrogen-bond acceptors (Lipinski definition) is 4. The Balaban J connectivity index is 1.61. The molecule has 3 aliphatic rings. The number of aliphatic hydroxyl groups is 2. The van der Waals surface area contributed by atoms with Gasteiger partial charge < -0.3 is 14.9 Å². The molecule has 3 fully saturated rings. The third-order valence-corrected chi connectivity index (χ3v) is 5.64. The molecule has 0 amide bonds. The van der Waals surface area contributed by atoms with E-state index in [9.17, 15) is 10.2 Å². The van der Waals surface area contributed by atoms with Gasteiger partial charge in [-0.2, -0.15) is 0 Å². The summed E-state index contributed by atoms with van der Waals surface area (Å²) in [6, 6.07) is 0. The molecule has 0 bridgehead atoms. The minimum atomic E-state index is -0.519. The maximum atomic E-state index is 10.7. The highest BCUT2D eigenvalue weighted by atomic mass is 16.5. The van der Waals surface area contributed by atoms with E-state index >= 15 is 0 Å². The predicted octanol–water partition coefficient (Wildman–Crippen LogP) is 1.94. The summed E-state index contributed by atoms with van der Waals surface area (Å²) < 4.78 is 5.50. The quantitative estimate of drug-likeness (QED) is 0.786. The molecule has 2 N–H and O–H groups in total. The summed E-state index contributed by atoms with van der Waals surface area (Å²) in [7, 11) is 0. The van der Waals surface area contributed by atoms with Crippen LogP contribution in [0.1, 0.15) is 57.8 Å². The van der Waals surface area contributed by atoms with Crippen molar-refractivity contribution in [2.24, 2.45) is 5.92 Å². The molecule has 0 radical (unpaired) electrons. The van der Waals surface area contributed by atoms with Gasteiger partial charge in [0.2, 0.25) is 0 Å². The van der Waals surface area contributed by atoms with E-state index in [1.165, 1.54) is 0 Å². The molecule has 21 heavy (non-hydrogen) atoms. The second-order valence-corrected chi connectivity index (χ2v) is 7.76.